The Morgan fingerprint density at radius 2 is 1.74 bits per heavy atom. The highest BCUT2D eigenvalue weighted by atomic mass is 79.9. The van der Waals surface area contributed by atoms with Crippen molar-refractivity contribution in [2.24, 2.45) is 0 Å². The molecular formula is C24H30Br2N2O3. The third kappa shape index (κ3) is 7.96. The average Bonchev–Trinajstić information content (AvgIpc) is 2.77. The molecular weight excluding hydrogens is 524 g/mol. The number of hydrogen-bond acceptors (Lipinski definition) is 3. The van der Waals surface area contributed by atoms with Crippen molar-refractivity contribution in [3.63, 3.8) is 0 Å². The highest BCUT2D eigenvalue weighted by molar-refractivity contribution is 9.10. The second kappa shape index (κ2) is 12.9. The second-order valence-corrected chi connectivity index (χ2v) is 9.15. The smallest absolute Gasteiger partial charge is 0.261 e. The summed E-state index contributed by atoms with van der Waals surface area (Å²) in [6.45, 7) is 6.69. The maximum atomic E-state index is 13.1. The number of hydrogen-bond donors (Lipinski definition) is 1. The number of aryl methyl sites for hydroxylation is 1. The number of carbonyl (C=O) groups is 2. The molecule has 2 rings (SSSR count). The zero-order valence-electron chi connectivity index (χ0n) is 18.3. The van der Waals surface area contributed by atoms with E-state index in [2.05, 4.69) is 51.0 Å². The summed E-state index contributed by atoms with van der Waals surface area (Å²) >= 11 is 6.93. The standard InChI is InChI=1S/C24H30Br2N2O3/c1-4-6-13-27-24(30)17(3)28(15-19-7-10-20(25)11-8-19)23(29)16-31-22-12-9-18(5-2)14-21(22)26/h7-12,14,17H,4-6,13,15-16H2,1-3H3,(H,27,30). The normalized spacial score (nSPS) is 11.6. The third-order valence-corrected chi connectivity index (χ3v) is 6.17. The van der Waals surface area contributed by atoms with E-state index in [1.807, 2.05) is 42.5 Å². The molecule has 0 aliphatic heterocycles. The van der Waals surface area contributed by atoms with Gasteiger partial charge in [0.15, 0.2) is 6.61 Å². The molecule has 1 atom stereocenters. The van der Waals surface area contributed by atoms with Crippen LogP contribution in [0.5, 0.6) is 5.75 Å². The number of nitrogens with one attached hydrogen (secondary N) is 1. The molecule has 1 N–H and O–H groups in total. The molecule has 2 aromatic rings. The quantitative estimate of drug-likeness (QED) is 0.374. The lowest BCUT2D eigenvalue weighted by Crippen LogP contribution is -2.49. The lowest BCUT2D eigenvalue weighted by molar-refractivity contribution is -0.142. The summed E-state index contributed by atoms with van der Waals surface area (Å²) in [6, 6.07) is 12.9. The Kier molecular flexibility index (Phi) is 10.5. The zero-order chi connectivity index (χ0) is 22.8. The van der Waals surface area contributed by atoms with Gasteiger partial charge in [0.1, 0.15) is 11.8 Å². The van der Waals surface area contributed by atoms with Crippen LogP contribution in [0.3, 0.4) is 0 Å². The van der Waals surface area contributed by atoms with Gasteiger partial charge in [0.2, 0.25) is 5.91 Å². The van der Waals surface area contributed by atoms with Crippen LogP contribution in [-0.2, 0) is 22.6 Å². The maximum absolute atomic E-state index is 13.1. The highest BCUT2D eigenvalue weighted by Crippen LogP contribution is 2.26. The lowest BCUT2D eigenvalue weighted by Gasteiger charge is -2.29. The fourth-order valence-electron chi connectivity index (χ4n) is 3.01. The van der Waals surface area contributed by atoms with Gasteiger partial charge in [-0.05, 0) is 71.1 Å². The van der Waals surface area contributed by atoms with Crippen LogP contribution in [0.15, 0.2) is 51.4 Å². The molecule has 5 nitrogen and oxygen atoms in total. The van der Waals surface area contributed by atoms with Crippen molar-refractivity contribution in [1.82, 2.24) is 10.2 Å². The maximum Gasteiger partial charge on any atom is 0.261 e. The second-order valence-electron chi connectivity index (χ2n) is 7.38. The number of ether oxygens (including phenoxy) is 1. The first-order chi connectivity index (χ1) is 14.8. The molecule has 2 aromatic carbocycles. The number of rotatable bonds is 11. The molecule has 0 heterocycles. The number of nitrogens with zero attached hydrogens (tertiary/aromatic N) is 1. The zero-order valence-corrected chi connectivity index (χ0v) is 21.5. The minimum Gasteiger partial charge on any atom is -0.483 e. The molecule has 0 aliphatic carbocycles. The largest absolute Gasteiger partial charge is 0.483 e. The molecule has 0 fully saturated rings. The highest BCUT2D eigenvalue weighted by Gasteiger charge is 2.26. The predicted octanol–water partition coefficient (Wildman–Crippen LogP) is 5.49. The van der Waals surface area contributed by atoms with Crippen molar-refractivity contribution < 1.29 is 14.3 Å². The predicted molar refractivity (Wildman–Crippen MR) is 131 cm³/mol. The Morgan fingerprint density at radius 1 is 1.06 bits per heavy atom. The summed E-state index contributed by atoms with van der Waals surface area (Å²) in [6.07, 6.45) is 2.82. The van der Waals surface area contributed by atoms with Crippen LogP contribution >= 0.6 is 31.9 Å². The fourth-order valence-corrected chi connectivity index (χ4v) is 3.81. The van der Waals surface area contributed by atoms with E-state index in [0.717, 1.165) is 33.8 Å². The van der Waals surface area contributed by atoms with E-state index in [4.69, 9.17) is 4.74 Å². The van der Waals surface area contributed by atoms with E-state index in [9.17, 15) is 9.59 Å². The van der Waals surface area contributed by atoms with Gasteiger partial charge >= 0.3 is 0 Å². The van der Waals surface area contributed by atoms with Crippen molar-refractivity contribution in [1.29, 1.82) is 0 Å². The minimum absolute atomic E-state index is 0.146. The summed E-state index contributed by atoms with van der Waals surface area (Å²) in [5.74, 6) is 0.203. The molecule has 168 valence electrons. The summed E-state index contributed by atoms with van der Waals surface area (Å²) in [5.41, 5.74) is 2.12. The monoisotopic (exact) mass is 552 g/mol. The van der Waals surface area contributed by atoms with Gasteiger partial charge < -0.3 is 15.0 Å². The average molecular weight is 554 g/mol. The summed E-state index contributed by atoms with van der Waals surface area (Å²) in [5, 5.41) is 2.92. The SMILES string of the molecule is CCCCNC(=O)C(C)N(Cc1ccc(Br)cc1)C(=O)COc1ccc(CC)cc1Br. The summed E-state index contributed by atoms with van der Waals surface area (Å²) < 4.78 is 7.56. The molecule has 31 heavy (non-hydrogen) atoms. The topological polar surface area (TPSA) is 58.6 Å². The van der Waals surface area contributed by atoms with E-state index in [1.54, 1.807) is 11.8 Å². The number of carbonyl (C=O) groups excluding carboxylic acids is 2. The molecule has 1 unspecified atom stereocenters. The lowest BCUT2D eigenvalue weighted by atomic mass is 10.1. The van der Waals surface area contributed by atoms with Crippen molar-refractivity contribution in [3.8, 4) is 5.75 Å². The van der Waals surface area contributed by atoms with Crippen LogP contribution in [0.25, 0.3) is 0 Å². The summed E-state index contributed by atoms with van der Waals surface area (Å²) in [4.78, 5) is 27.3. The van der Waals surface area contributed by atoms with Crippen molar-refractivity contribution in [2.45, 2.75) is 52.6 Å². The van der Waals surface area contributed by atoms with E-state index in [0.29, 0.717) is 18.8 Å². The molecule has 0 radical (unpaired) electrons. The Labute approximate surface area is 201 Å². The van der Waals surface area contributed by atoms with Crippen molar-refractivity contribution in [2.75, 3.05) is 13.2 Å². The Bertz CT molecular complexity index is 872. The number of unbranched alkanes of at least 4 members (excludes halogenated alkanes) is 1. The van der Waals surface area contributed by atoms with Crippen LogP contribution in [0.1, 0.15) is 44.7 Å². The van der Waals surface area contributed by atoms with E-state index in [1.165, 1.54) is 5.56 Å². The van der Waals surface area contributed by atoms with Crippen molar-refractivity contribution in [3.05, 3.63) is 62.5 Å². The molecule has 2 amide bonds. The molecule has 0 saturated heterocycles. The van der Waals surface area contributed by atoms with Crippen LogP contribution in [0.2, 0.25) is 0 Å². The van der Waals surface area contributed by atoms with Gasteiger partial charge in [-0.1, -0.05) is 54.4 Å². The number of amides is 2. The van der Waals surface area contributed by atoms with Gasteiger partial charge in [0.05, 0.1) is 4.47 Å². The Hall–Kier alpha value is -1.86. The van der Waals surface area contributed by atoms with Crippen molar-refractivity contribution >= 4 is 43.7 Å². The molecule has 0 bridgehead atoms. The molecule has 7 heteroatoms. The molecule has 0 spiro atoms. The minimum atomic E-state index is -0.609. The van der Waals surface area contributed by atoms with Gasteiger partial charge in [-0.2, -0.15) is 0 Å². The van der Waals surface area contributed by atoms with E-state index < -0.39 is 6.04 Å². The van der Waals surface area contributed by atoms with Gasteiger partial charge in [0.25, 0.3) is 5.91 Å². The molecule has 0 aromatic heterocycles. The summed E-state index contributed by atoms with van der Waals surface area (Å²) in [7, 11) is 0. The number of benzene rings is 2. The fraction of sp³-hybridized carbons (Fsp3) is 0.417. The van der Waals surface area contributed by atoms with Crippen LogP contribution in [0, 0.1) is 0 Å². The third-order valence-electron chi connectivity index (χ3n) is 5.02. The van der Waals surface area contributed by atoms with E-state index >= 15 is 0 Å². The Balaban J connectivity index is 2.12. The van der Waals surface area contributed by atoms with E-state index in [-0.39, 0.29) is 18.4 Å². The van der Waals surface area contributed by atoms with Crippen LogP contribution in [-0.4, -0.2) is 35.9 Å². The van der Waals surface area contributed by atoms with Gasteiger partial charge in [-0.25, -0.2) is 0 Å². The number of halogens is 2. The first kappa shape index (κ1) is 25.4. The van der Waals surface area contributed by atoms with Crippen LogP contribution < -0.4 is 10.1 Å². The first-order valence-corrected chi connectivity index (χ1v) is 12.2. The van der Waals surface area contributed by atoms with Gasteiger partial charge in [-0.15, -0.1) is 0 Å². The van der Waals surface area contributed by atoms with Gasteiger partial charge in [-0.3, -0.25) is 9.59 Å². The molecule has 0 saturated carbocycles. The Morgan fingerprint density at radius 3 is 2.35 bits per heavy atom. The first-order valence-electron chi connectivity index (χ1n) is 10.6. The van der Waals surface area contributed by atoms with Gasteiger partial charge in [0, 0.05) is 17.6 Å². The van der Waals surface area contributed by atoms with Crippen LogP contribution in [0.4, 0.5) is 0 Å². The molecule has 0 aliphatic rings.